The van der Waals surface area contributed by atoms with E-state index in [2.05, 4.69) is 38.0 Å². The van der Waals surface area contributed by atoms with Crippen LogP contribution in [0.5, 0.6) is 0 Å². The standard InChI is InChI=1S/C25H27N9O3/c1-3-4-8-19-15-33(22-20(23(35)36)14-27-32(22)2)24(37)34(19)16-25(9-11-26-12-10-25)18-7-5-6-17(13-18)21-28-30-31-29-21/h5-7,9-15,26H,3-4,8,16H2,1-2H3,(H,35,36)(H,28,29,30,31). The van der Waals surface area contributed by atoms with Crippen LogP contribution in [0.3, 0.4) is 0 Å². The highest BCUT2D eigenvalue weighted by Crippen LogP contribution is 2.33. The van der Waals surface area contributed by atoms with Gasteiger partial charge in [-0.25, -0.2) is 9.59 Å². The Morgan fingerprint density at radius 3 is 2.73 bits per heavy atom. The van der Waals surface area contributed by atoms with E-state index < -0.39 is 11.4 Å². The minimum atomic E-state index is -1.14. The molecule has 1 aliphatic heterocycles. The third kappa shape index (κ3) is 4.37. The van der Waals surface area contributed by atoms with E-state index in [0.717, 1.165) is 29.7 Å². The topological polar surface area (TPSA) is 149 Å². The molecular weight excluding hydrogens is 474 g/mol. The van der Waals surface area contributed by atoms with Crippen molar-refractivity contribution in [2.75, 3.05) is 0 Å². The molecule has 0 unspecified atom stereocenters. The first-order chi connectivity index (χ1) is 17.9. The second kappa shape index (κ2) is 9.72. The lowest BCUT2D eigenvalue weighted by molar-refractivity contribution is 0.0696. The number of H-pyrrole nitrogens is 1. The first kappa shape index (κ1) is 24.0. The number of aromatic carboxylic acids is 1. The van der Waals surface area contributed by atoms with Crippen LogP contribution in [0.25, 0.3) is 17.2 Å². The van der Waals surface area contributed by atoms with Gasteiger partial charge in [-0.15, -0.1) is 10.2 Å². The van der Waals surface area contributed by atoms with Crippen LogP contribution in [0.2, 0.25) is 0 Å². The normalized spacial score (nSPS) is 14.1. The summed E-state index contributed by atoms with van der Waals surface area (Å²) in [6, 6.07) is 7.82. The van der Waals surface area contributed by atoms with Crippen LogP contribution >= 0.6 is 0 Å². The quantitative estimate of drug-likeness (QED) is 0.316. The molecule has 3 N–H and O–H groups in total. The van der Waals surface area contributed by atoms with Gasteiger partial charge in [0.2, 0.25) is 5.82 Å². The number of rotatable bonds is 9. The summed E-state index contributed by atoms with van der Waals surface area (Å²) in [6.45, 7) is 2.40. The van der Waals surface area contributed by atoms with Crippen molar-refractivity contribution in [2.24, 2.45) is 7.05 Å². The van der Waals surface area contributed by atoms with Gasteiger partial charge in [-0.2, -0.15) is 10.3 Å². The highest BCUT2D eigenvalue weighted by molar-refractivity contribution is 5.91. The van der Waals surface area contributed by atoms with Gasteiger partial charge >= 0.3 is 11.7 Å². The van der Waals surface area contributed by atoms with Crippen molar-refractivity contribution < 1.29 is 9.90 Å². The Balaban J connectivity index is 1.64. The predicted octanol–water partition coefficient (Wildman–Crippen LogP) is 2.16. The number of unbranched alkanes of at least 4 members (excludes halogenated alkanes) is 1. The molecule has 0 amide bonds. The van der Waals surface area contributed by atoms with Crippen LogP contribution in [0.4, 0.5) is 0 Å². The number of benzene rings is 1. The fourth-order valence-electron chi connectivity index (χ4n) is 4.66. The molecule has 4 heterocycles. The molecule has 4 aromatic rings. The zero-order valence-corrected chi connectivity index (χ0v) is 20.5. The highest BCUT2D eigenvalue weighted by Gasteiger charge is 2.32. The van der Waals surface area contributed by atoms with Gasteiger partial charge in [0.1, 0.15) is 5.56 Å². The Labute approximate surface area is 211 Å². The monoisotopic (exact) mass is 501 g/mol. The maximum atomic E-state index is 13.9. The number of allylic oxidation sites excluding steroid dienone is 2. The van der Waals surface area contributed by atoms with E-state index in [-0.39, 0.29) is 17.1 Å². The van der Waals surface area contributed by atoms with Gasteiger partial charge in [0.05, 0.1) is 11.6 Å². The number of aryl methyl sites for hydroxylation is 2. The molecule has 12 nitrogen and oxygen atoms in total. The van der Waals surface area contributed by atoms with E-state index >= 15 is 0 Å². The number of hydrogen-bond donors (Lipinski definition) is 3. The largest absolute Gasteiger partial charge is 0.477 e. The SMILES string of the molecule is CCCCc1cn(-c2c(C(=O)O)cnn2C)c(=O)n1CC1(c2cccc(-c3nn[nH]n3)c2)C=CNC=C1. The van der Waals surface area contributed by atoms with Gasteiger partial charge in [0, 0.05) is 31.0 Å². The predicted molar refractivity (Wildman–Crippen MR) is 135 cm³/mol. The average Bonchev–Trinajstić information content (AvgIpc) is 3.64. The van der Waals surface area contributed by atoms with Crippen molar-refractivity contribution in [3.05, 3.63) is 88.5 Å². The Morgan fingerprint density at radius 2 is 2.03 bits per heavy atom. The maximum absolute atomic E-state index is 13.9. The van der Waals surface area contributed by atoms with Crippen LogP contribution < -0.4 is 11.0 Å². The first-order valence-corrected chi connectivity index (χ1v) is 12.0. The molecule has 0 saturated carbocycles. The van der Waals surface area contributed by atoms with Crippen LogP contribution in [0.15, 0.2) is 66.0 Å². The lowest BCUT2D eigenvalue weighted by atomic mass is 9.78. The minimum absolute atomic E-state index is 0.0343. The van der Waals surface area contributed by atoms with Crippen molar-refractivity contribution >= 4 is 5.97 Å². The summed E-state index contributed by atoms with van der Waals surface area (Å²) in [6.07, 6.45) is 13.2. The summed E-state index contributed by atoms with van der Waals surface area (Å²) in [5, 5.41) is 31.2. The molecular formula is C25H27N9O3. The minimum Gasteiger partial charge on any atom is -0.477 e. The first-order valence-electron chi connectivity index (χ1n) is 12.0. The fourth-order valence-corrected chi connectivity index (χ4v) is 4.66. The summed E-state index contributed by atoms with van der Waals surface area (Å²) in [7, 11) is 1.63. The van der Waals surface area contributed by atoms with Crippen molar-refractivity contribution in [1.29, 1.82) is 0 Å². The van der Waals surface area contributed by atoms with Crippen LogP contribution in [-0.2, 0) is 25.4 Å². The van der Waals surface area contributed by atoms with Gasteiger partial charge in [-0.05, 0) is 42.1 Å². The molecule has 0 fully saturated rings. The van der Waals surface area contributed by atoms with Gasteiger partial charge in [-0.1, -0.05) is 43.7 Å². The number of carboxylic acids is 1. The van der Waals surface area contributed by atoms with Crippen molar-refractivity contribution in [2.45, 2.75) is 38.1 Å². The van der Waals surface area contributed by atoms with Crippen molar-refractivity contribution in [3.63, 3.8) is 0 Å². The molecule has 1 aliphatic rings. The van der Waals surface area contributed by atoms with E-state index in [1.54, 1.807) is 17.8 Å². The number of tetrazole rings is 1. The third-order valence-electron chi connectivity index (χ3n) is 6.59. The number of aromatic amines is 1. The van der Waals surface area contributed by atoms with E-state index in [1.165, 1.54) is 15.4 Å². The average molecular weight is 502 g/mol. The second-order valence-electron chi connectivity index (χ2n) is 8.96. The molecule has 5 rings (SSSR count). The van der Waals surface area contributed by atoms with E-state index in [4.69, 9.17) is 0 Å². The van der Waals surface area contributed by atoms with Gasteiger partial charge < -0.3 is 10.4 Å². The van der Waals surface area contributed by atoms with Gasteiger partial charge in [-0.3, -0.25) is 13.8 Å². The van der Waals surface area contributed by atoms with E-state index in [9.17, 15) is 14.7 Å². The molecule has 0 spiro atoms. The molecule has 12 heteroatoms. The number of dihydropyridines is 1. The molecule has 1 aromatic carbocycles. The molecule has 0 aliphatic carbocycles. The molecule has 0 bridgehead atoms. The zero-order valence-electron chi connectivity index (χ0n) is 20.5. The van der Waals surface area contributed by atoms with Crippen LogP contribution in [-0.4, -0.2) is 50.6 Å². The Hall–Kier alpha value is -4.74. The Morgan fingerprint density at radius 1 is 1.22 bits per heavy atom. The fraction of sp³-hybridized carbons (Fsp3) is 0.280. The number of nitrogens with one attached hydrogen (secondary N) is 2. The van der Waals surface area contributed by atoms with Gasteiger partial charge in [0.15, 0.2) is 5.82 Å². The summed E-state index contributed by atoms with van der Waals surface area (Å²) in [4.78, 5) is 25.7. The third-order valence-corrected chi connectivity index (χ3v) is 6.59. The lowest BCUT2D eigenvalue weighted by Crippen LogP contribution is -2.36. The second-order valence-corrected chi connectivity index (χ2v) is 8.96. The summed E-state index contributed by atoms with van der Waals surface area (Å²) < 4.78 is 4.53. The summed E-state index contributed by atoms with van der Waals surface area (Å²) in [5.41, 5.74) is 1.53. The molecule has 190 valence electrons. The molecule has 0 radical (unpaired) electrons. The summed E-state index contributed by atoms with van der Waals surface area (Å²) >= 11 is 0. The Kier molecular flexibility index (Phi) is 6.30. The summed E-state index contributed by atoms with van der Waals surface area (Å²) in [5.74, 6) is -0.446. The Bertz CT molecular complexity index is 1530. The number of hydrogen-bond acceptors (Lipinski definition) is 7. The van der Waals surface area contributed by atoms with Gasteiger partial charge in [0.25, 0.3) is 0 Å². The number of carboxylic acid groups (broad SMARTS) is 1. The number of aromatic nitrogens is 8. The van der Waals surface area contributed by atoms with Crippen LogP contribution in [0.1, 0.15) is 41.4 Å². The van der Waals surface area contributed by atoms with Crippen molar-refractivity contribution in [1.82, 2.24) is 44.9 Å². The van der Waals surface area contributed by atoms with Crippen molar-refractivity contribution in [3.8, 4) is 17.2 Å². The molecule has 37 heavy (non-hydrogen) atoms. The van der Waals surface area contributed by atoms with Crippen LogP contribution in [0, 0.1) is 0 Å². The number of imidazole rings is 1. The zero-order chi connectivity index (χ0) is 26.0. The molecule has 0 atom stereocenters. The van der Waals surface area contributed by atoms with E-state index in [1.807, 2.05) is 48.8 Å². The number of carbonyl (C=O) groups is 1. The molecule has 0 saturated heterocycles. The number of nitrogens with zero attached hydrogens (tertiary/aromatic N) is 7. The highest BCUT2D eigenvalue weighted by atomic mass is 16.4. The van der Waals surface area contributed by atoms with E-state index in [0.29, 0.717) is 18.8 Å². The molecule has 3 aromatic heterocycles. The lowest BCUT2D eigenvalue weighted by Gasteiger charge is -2.31. The smallest absolute Gasteiger partial charge is 0.341 e. The maximum Gasteiger partial charge on any atom is 0.341 e.